The van der Waals surface area contributed by atoms with Gasteiger partial charge in [-0.2, -0.15) is 0 Å². The van der Waals surface area contributed by atoms with Gasteiger partial charge in [0.2, 0.25) is 0 Å². The molecule has 2 aliphatic rings. The van der Waals surface area contributed by atoms with Crippen LogP contribution in [0.5, 0.6) is 0 Å². The lowest BCUT2D eigenvalue weighted by atomic mass is 9.74. The number of aryl methyl sites for hydroxylation is 1. The summed E-state index contributed by atoms with van der Waals surface area (Å²) in [6, 6.07) is 7.91. The van der Waals surface area contributed by atoms with Crippen molar-refractivity contribution in [2.45, 2.75) is 45.2 Å². The zero-order valence-corrected chi connectivity index (χ0v) is 15.5. The predicted octanol–water partition coefficient (Wildman–Crippen LogP) is 4.99. The molecule has 2 aliphatic heterocycles. The number of nitrogens with zero attached hydrogens (tertiary/aromatic N) is 3. The van der Waals surface area contributed by atoms with Crippen LogP contribution in [0, 0.1) is 30.5 Å². The lowest BCUT2D eigenvalue weighted by molar-refractivity contribution is -0.00600. The van der Waals surface area contributed by atoms with E-state index in [4.69, 9.17) is 5.26 Å². The van der Waals surface area contributed by atoms with Gasteiger partial charge in [-0.15, -0.1) is 0 Å². The number of anilines is 1. The highest BCUT2D eigenvalue weighted by molar-refractivity contribution is 5.91. The van der Waals surface area contributed by atoms with E-state index in [9.17, 15) is 9.18 Å². The van der Waals surface area contributed by atoms with Gasteiger partial charge in [0.05, 0.1) is 6.20 Å². The van der Waals surface area contributed by atoms with Crippen molar-refractivity contribution in [3.63, 3.8) is 0 Å². The van der Waals surface area contributed by atoms with Gasteiger partial charge in [0, 0.05) is 37.5 Å². The number of hydrogen-bond acceptors (Lipinski definition) is 3. The molecule has 2 fully saturated rings. The Morgan fingerprint density at radius 3 is 2.63 bits per heavy atom. The molecule has 27 heavy (non-hydrogen) atoms. The maximum Gasteiger partial charge on any atom is 0.322 e. The second-order valence-electron chi connectivity index (χ2n) is 7.38. The Bertz CT molecular complexity index is 860. The number of carbonyl (C=O) groups is 1. The first-order valence-electron chi connectivity index (χ1n) is 9.08. The number of nitriles is 1. The third-order valence-electron chi connectivity index (χ3n) is 5.42. The number of hydrogen-bond donors (Lipinski definition) is 1. The maximum atomic E-state index is 13.5. The van der Waals surface area contributed by atoms with Gasteiger partial charge in [0.25, 0.3) is 0 Å². The average Bonchev–Trinajstić information content (AvgIpc) is 2.64. The molecule has 0 radical (unpaired) electrons. The topological polar surface area (TPSA) is 69.0 Å². The van der Waals surface area contributed by atoms with Crippen LogP contribution in [0.1, 0.15) is 33.2 Å². The molecule has 5 nitrogen and oxygen atoms in total. The fraction of sp³-hybridized carbons (Fsp3) is 0.381. The van der Waals surface area contributed by atoms with Crippen LogP contribution in [-0.4, -0.2) is 28.0 Å². The van der Waals surface area contributed by atoms with Crippen LogP contribution >= 0.6 is 0 Å². The Labute approximate surface area is 160 Å². The van der Waals surface area contributed by atoms with Gasteiger partial charge in [-0.25, -0.2) is 14.4 Å². The van der Waals surface area contributed by atoms with E-state index in [2.05, 4.69) is 23.8 Å². The number of fused-ring (bicyclic) bond motifs is 2. The van der Waals surface area contributed by atoms with Crippen LogP contribution in [0.4, 0.5) is 14.9 Å². The summed E-state index contributed by atoms with van der Waals surface area (Å²) in [6.45, 7) is 7.72. The monoisotopic (exact) mass is 368 g/mol. The Morgan fingerprint density at radius 1 is 1.26 bits per heavy atom. The van der Waals surface area contributed by atoms with Gasteiger partial charge < -0.3 is 10.2 Å². The highest BCUT2D eigenvalue weighted by Gasteiger charge is 2.46. The Hall–Kier alpha value is -2.94. The van der Waals surface area contributed by atoms with E-state index in [0.29, 0.717) is 23.6 Å². The number of carbonyl (C=O) groups excluding carboxylic acids is 1. The summed E-state index contributed by atoms with van der Waals surface area (Å²) in [5.74, 6) is 0.341. The number of halogens is 1. The quantitative estimate of drug-likeness (QED) is 0.812. The first kappa shape index (κ1) is 18.8. The molecule has 0 spiro atoms. The number of amides is 2. The summed E-state index contributed by atoms with van der Waals surface area (Å²) in [5.41, 5.74) is 3.33. The number of piperidine rings is 1. The molecule has 1 aromatic carbocycles. The molecule has 2 bridgehead atoms. The fourth-order valence-electron chi connectivity index (χ4n) is 4.24. The summed E-state index contributed by atoms with van der Waals surface area (Å²) >= 11 is 0. The second-order valence-corrected chi connectivity index (χ2v) is 7.38. The summed E-state index contributed by atoms with van der Waals surface area (Å²) in [7, 11) is 0. The number of aromatic nitrogens is 1. The van der Waals surface area contributed by atoms with Crippen LogP contribution < -0.4 is 5.32 Å². The van der Waals surface area contributed by atoms with E-state index in [1.54, 1.807) is 6.20 Å². The van der Waals surface area contributed by atoms with Crippen LogP contribution in [0.15, 0.2) is 36.7 Å². The Balaban J connectivity index is 0.000000906. The minimum absolute atomic E-state index is 0. The minimum Gasteiger partial charge on any atom is -0.318 e. The number of urea groups is 1. The van der Waals surface area contributed by atoms with Gasteiger partial charge in [-0.05, 0) is 61.4 Å². The summed E-state index contributed by atoms with van der Waals surface area (Å²) < 4.78 is 13.5. The number of rotatable bonds is 2. The number of nitrogens with one attached hydrogen (secondary N) is 1. The molecule has 142 valence electrons. The van der Waals surface area contributed by atoms with Gasteiger partial charge >= 0.3 is 6.03 Å². The molecule has 2 unspecified atom stereocenters. The van der Waals surface area contributed by atoms with Gasteiger partial charge in [0.15, 0.2) is 0 Å². The van der Waals surface area contributed by atoms with E-state index >= 15 is 0 Å². The predicted molar refractivity (Wildman–Crippen MR) is 105 cm³/mol. The van der Waals surface area contributed by atoms with Crippen molar-refractivity contribution in [2.24, 2.45) is 5.92 Å². The SMILES string of the molecule is C#N.Cc1ccc(NC(=O)N2C3CC(C)CC2C3)cc1-c1cncc(F)c1.[HH]. The van der Waals surface area contributed by atoms with Crippen molar-refractivity contribution in [3.8, 4) is 17.7 Å². The fourth-order valence-corrected chi connectivity index (χ4v) is 4.24. The van der Waals surface area contributed by atoms with E-state index < -0.39 is 0 Å². The van der Waals surface area contributed by atoms with Crippen LogP contribution in [-0.2, 0) is 0 Å². The molecular weight excluding hydrogens is 343 g/mol. The molecule has 2 aromatic rings. The summed E-state index contributed by atoms with van der Waals surface area (Å²) in [5, 5.41) is 9.51. The van der Waals surface area contributed by atoms with Crippen molar-refractivity contribution in [2.75, 3.05) is 5.32 Å². The van der Waals surface area contributed by atoms with E-state index in [-0.39, 0.29) is 13.3 Å². The average molecular weight is 368 g/mol. The van der Waals surface area contributed by atoms with Gasteiger partial charge in [0.1, 0.15) is 5.82 Å². The van der Waals surface area contributed by atoms with Crippen molar-refractivity contribution >= 4 is 11.7 Å². The zero-order chi connectivity index (χ0) is 19.6. The highest BCUT2D eigenvalue weighted by atomic mass is 19.1. The summed E-state index contributed by atoms with van der Waals surface area (Å²) in [4.78, 5) is 18.6. The third-order valence-corrected chi connectivity index (χ3v) is 5.42. The summed E-state index contributed by atoms with van der Waals surface area (Å²) in [6.07, 6.45) is 6.15. The van der Waals surface area contributed by atoms with Crippen molar-refractivity contribution in [1.82, 2.24) is 9.88 Å². The molecule has 1 N–H and O–H groups in total. The smallest absolute Gasteiger partial charge is 0.318 e. The molecule has 0 saturated carbocycles. The van der Waals surface area contributed by atoms with Crippen LogP contribution in [0.3, 0.4) is 0 Å². The van der Waals surface area contributed by atoms with Crippen LogP contribution in [0.2, 0.25) is 0 Å². The molecule has 3 heterocycles. The minimum atomic E-state index is -0.367. The van der Waals surface area contributed by atoms with Gasteiger partial charge in [-0.1, -0.05) is 13.0 Å². The van der Waals surface area contributed by atoms with Crippen molar-refractivity contribution in [1.29, 1.82) is 5.26 Å². The van der Waals surface area contributed by atoms with Gasteiger partial charge in [-0.3, -0.25) is 4.98 Å². The molecule has 0 aliphatic carbocycles. The second kappa shape index (κ2) is 7.75. The first-order chi connectivity index (χ1) is 13.0. The molecule has 2 amide bonds. The number of pyridine rings is 1. The van der Waals surface area contributed by atoms with E-state index in [1.807, 2.05) is 30.0 Å². The standard InChI is InChI=1S/C20H22FN3O.CHN.H2/c1-12-5-17-9-18(6-12)24(17)20(25)23-16-4-3-13(2)19(8-16)14-7-15(21)11-22-10-14;1-2;/h3-4,7-8,10-12,17-18H,5-6,9H2,1-2H3,(H,23,25);1H;1H. The van der Waals surface area contributed by atoms with Crippen molar-refractivity contribution < 1.29 is 10.6 Å². The molecule has 4 rings (SSSR count). The largest absolute Gasteiger partial charge is 0.322 e. The highest BCUT2D eigenvalue weighted by Crippen LogP contribution is 2.41. The first-order valence-corrected chi connectivity index (χ1v) is 9.08. The lowest BCUT2D eigenvalue weighted by Crippen LogP contribution is -2.63. The zero-order valence-electron chi connectivity index (χ0n) is 15.5. The number of benzene rings is 1. The van der Waals surface area contributed by atoms with Crippen molar-refractivity contribution in [3.05, 3.63) is 48.0 Å². The molecule has 6 heteroatoms. The lowest BCUT2D eigenvalue weighted by Gasteiger charge is -2.54. The maximum absolute atomic E-state index is 13.5. The van der Waals surface area contributed by atoms with E-state index in [1.165, 1.54) is 12.3 Å². The van der Waals surface area contributed by atoms with E-state index in [0.717, 1.165) is 36.1 Å². The molecular formula is C21H25FN4O. The third kappa shape index (κ3) is 3.77. The molecule has 2 saturated heterocycles. The van der Waals surface area contributed by atoms with Crippen LogP contribution in [0.25, 0.3) is 11.1 Å². The Morgan fingerprint density at radius 2 is 1.96 bits per heavy atom. The Kier molecular flexibility index (Phi) is 5.41. The molecule has 1 aromatic heterocycles. The normalized spacial score (nSPS) is 22.9. The molecule has 2 atom stereocenters.